The fourth-order valence-corrected chi connectivity index (χ4v) is 7.71. The second kappa shape index (κ2) is 9.47. The van der Waals surface area contributed by atoms with Crippen molar-refractivity contribution in [1.29, 1.82) is 0 Å². The van der Waals surface area contributed by atoms with Gasteiger partial charge in [-0.05, 0) is 65.7 Å². The number of para-hydroxylation sites is 3. The Bertz CT molecular complexity index is 3050. The summed E-state index contributed by atoms with van der Waals surface area (Å²) in [6.07, 6.45) is 0. The molecule has 4 heterocycles. The molecule has 0 unspecified atom stereocenters. The third kappa shape index (κ3) is 3.42. The SMILES string of the molecule is c1ccc(-c2ccc3c(c2)oc2ccc4oc(-n5c6ccccc6c6ccc7c(c8ccccc8n7-c7ccccc7)c65)nc4c23)cc1. The van der Waals surface area contributed by atoms with Crippen molar-refractivity contribution in [3.63, 3.8) is 0 Å². The maximum atomic E-state index is 6.70. The van der Waals surface area contributed by atoms with Crippen molar-refractivity contribution in [3.05, 3.63) is 152 Å². The lowest BCUT2D eigenvalue weighted by Gasteiger charge is -2.08. The predicted molar refractivity (Wildman–Crippen MR) is 195 cm³/mol. The van der Waals surface area contributed by atoms with Gasteiger partial charge in [-0.1, -0.05) is 97.1 Å². The number of hydrogen-bond acceptors (Lipinski definition) is 3. The Morgan fingerprint density at radius 3 is 1.94 bits per heavy atom. The molecule has 5 heteroatoms. The summed E-state index contributed by atoms with van der Waals surface area (Å²) in [5, 5.41) is 6.64. The van der Waals surface area contributed by atoms with E-state index in [1.807, 2.05) is 18.2 Å². The van der Waals surface area contributed by atoms with Crippen LogP contribution in [0.15, 0.2) is 160 Å². The average Bonchev–Trinajstić information content (AvgIpc) is 3.90. The maximum absolute atomic E-state index is 6.70. The Morgan fingerprint density at radius 2 is 1.10 bits per heavy atom. The third-order valence-electron chi connectivity index (χ3n) is 9.76. The van der Waals surface area contributed by atoms with Crippen LogP contribution in [0.2, 0.25) is 0 Å². The van der Waals surface area contributed by atoms with Gasteiger partial charge in [0, 0.05) is 32.6 Å². The van der Waals surface area contributed by atoms with Crippen LogP contribution in [-0.2, 0) is 0 Å². The van der Waals surface area contributed by atoms with Crippen molar-refractivity contribution in [2.75, 3.05) is 0 Å². The summed E-state index contributed by atoms with van der Waals surface area (Å²) < 4.78 is 17.7. The number of furan rings is 1. The predicted octanol–water partition coefficient (Wildman–Crippen LogP) is 11.6. The largest absolute Gasteiger partial charge is 0.456 e. The van der Waals surface area contributed by atoms with E-state index in [9.17, 15) is 0 Å². The van der Waals surface area contributed by atoms with Crippen LogP contribution >= 0.6 is 0 Å². The highest BCUT2D eigenvalue weighted by Crippen LogP contribution is 2.43. The molecule has 0 saturated heterocycles. The van der Waals surface area contributed by atoms with Gasteiger partial charge in [0.25, 0.3) is 0 Å². The summed E-state index contributed by atoms with van der Waals surface area (Å²) in [6.45, 7) is 0. The van der Waals surface area contributed by atoms with E-state index in [4.69, 9.17) is 13.8 Å². The van der Waals surface area contributed by atoms with E-state index in [2.05, 4.69) is 143 Å². The minimum Gasteiger partial charge on any atom is -0.456 e. The number of oxazole rings is 1. The first kappa shape index (κ1) is 25.6. The average molecular weight is 616 g/mol. The van der Waals surface area contributed by atoms with Crippen molar-refractivity contribution in [2.24, 2.45) is 0 Å². The Hall–Kier alpha value is -6.59. The van der Waals surface area contributed by atoms with Gasteiger partial charge in [-0.3, -0.25) is 4.57 Å². The highest BCUT2D eigenvalue weighted by molar-refractivity contribution is 6.26. The van der Waals surface area contributed by atoms with E-state index < -0.39 is 0 Å². The molecule has 48 heavy (non-hydrogen) atoms. The zero-order chi connectivity index (χ0) is 31.3. The minimum atomic E-state index is 0.531. The molecule has 224 valence electrons. The van der Waals surface area contributed by atoms with Crippen molar-refractivity contribution in [3.8, 4) is 22.8 Å². The van der Waals surface area contributed by atoms with E-state index in [1.54, 1.807) is 0 Å². The third-order valence-corrected chi connectivity index (χ3v) is 9.76. The summed E-state index contributed by atoms with van der Waals surface area (Å²) in [4.78, 5) is 5.27. The first-order valence-electron chi connectivity index (χ1n) is 16.1. The van der Waals surface area contributed by atoms with Crippen molar-refractivity contribution < 1.29 is 8.83 Å². The van der Waals surface area contributed by atoms with Crippen molar-refractivity contribution in [1.82, 2.24) is 14.1 Å². The van der Waals surface area contributed by atoms with Gasteiger partial charge in [-0.2, -0.15) is 4.98 Å². The molecular weight excluding hydrogens is 590 g/mol. The van der Waals surface area contributed by atoms with E-state index >= 15 is 0 Å². The normalized spacial score (nSPS) is 12.2. The highest BCUT2D eigenvalue weighted by atomic mass is 16.4. The Balaban J connectivity index is 1.23. The number of hydrogen-bond donors (Lipinski definition) is 0. The molecule has 0 amide bonds. The van der Waals surface area contributed by atoms with Gasteiger partial charge in [-0.15, -0.1) is 0 Å². The molecule has 5 nitrogen and oxygen atoms in total. The molecule has 0 aliphatic rings. The number of nitrogens with zero attached hydrogens (tertiary/aromatic N) is 3. The lowest BCUT2D eigenvalue weighted by molar-refractivity contribution is 0.574. The van der Waals surface area contributed by atoms with Crippen molar-refractivity contribution in [2.45, 2.75) is 0 Å². The Kier molecular flexibility index (Phi) is 5.05. The van der Waals surface area contributed by atoms with Gasteiger partial charge < -0.3 is 13.4 Å². The number of aromatic nitrogens is 3. The molecule has 11 rings (SSSR count). The van der Waals surface area contributed by atoms with Crippen molar-refractivity contribution >= 4 is 76.6 Å². The van der Waals surface area contributed by atoms with Crippen LogP contribution in [0.3, 0.4) is 0 Å². The van der Waals surface area contributed by atoms with E-state index in [-0.39, 0.29) is 0 Å². The van der Waals surface area contributed by atoms with Gasteiger partial charge in [-0.25, -0.2) is 0 Å². The van der Waals surface area contributed by atoms with E-state index in [0.717, 1.165) is 88.1 Å². The molecule has 7 aromatic carbocycles. The molecule has 0 fully saturated rings. The Morgan fingerprint density at radius 1 is 0.417 bits per heavy atom. The molecule has 0 N–H and O–H groups in total. The molecule has 4 aromatic heterocycles. The fraction of sp³-hybridized carbons (Fsp3) is 0. The molecule has 0 radical (unpaired) electrons. The molecule has 0 spiro atoms. The number of rotatable bonds is 3. The van der Waals surface area contributed by atoms with Gasteiger partial charge in [0.1, 0.15) is 16.7 Å². The van der Waals surface area contributed by atoms with Gasteiger partial charge in [0.15, 0.2) is 5.58 Å². The van der Waals surface area contributed by atoms with Crippen LogP contribution in [0.25, 0.3) is 99.5 Å². The zero-order valence-electron chi connectivity index (χ0n) is 25.6. The van der Waals surface area contributed by atoms with E-state index in [0.29, 0.717) is 6.01 Å². The molecule has 11 aromatic rings. The fourth-order valence-electron chi connectivity index (χ4n) is 7.71. The highest BCUT2D eigenvalue weighted by Gasteiger charge is 2.24. The smallest absolute Gasteiger partial charge is 0.307 e. The van der Waals surface area contributed by atoms with Crippen LogP contribution in [0.5, 0.6) is 0 Å². The van der Waals surface area contributed by atoms with Gasteiger partial charge >= 0.3 is 6.01 Å². The molecule has 0 aliphatic carbocycles. The first-order valence-corrected chi connectivity index (χ1v) is 16.1. The quantitative estimate of drug-likeness (QED) is 0.199. The zero-order valence-corrected chi connectivity index (χ0v) is 25.6. The second-order valence-electron chi connectivity index (χ2n) is 12.4. The molecular formula is C43H25N3O2. The van der Waals surface area contributed by atoms with Crippen LogP contribution in [0.4, 0.5) is 0 Å². The summed E-state index contributed by atoms with van der Waals surface area (Å²) in [7, 11) is 0. The van der Waals surface area contributed by atoms with Gasteiger partial charge in [0.2, 0.25) is 0 Å². The molecule has 0 bridgehead atoms. The topological polar surface area (TPSA) is 49.0 Å². The summed E-state index contributed by atoms with van der Waals surface area (Å²) in [5.41, 5.74) is 10.9. The van der Waals surface area contributed by atoms with Crippen LogP contribution in [0.1, 0.15) is 0 Å². The van der Waals surface area contributed by atoms with Gasteiger partial charge in [0.05, 0.1) is 27.5 Å². The molecule has 0 atom stereocenters. The molecule has 0 aliphatic heterocycles. The number of benzene rings is 7. The Labute approximate surface area is 273 Å². The first-order chi connectivity index (χ1) is 23.8. The van der Waals surface area contributed by atoms with Crippen LogP contribution in [0, 0.1) is 0 Å². The number of fused-ring (bicyclic) bond motifs is 12. The lowest BCUT2D eigenvalue weighted by atomic mass is 10.0. The summed E-state index contributed by atoms with van der Waals surface area (Å²) in [6, 6.07) is 53.5. The van der Waals surface area contributed by atoms with Crippen LogP contribution < -0.4 is 0 Å². The van der Waals surface area contributed by atoms with E-state index in [1.165, 1.54) is 5.39 Å². The standard InChI is InChI=1S/C43H25N3O2/c1-3-11-26(12-4-1)27-19-20-32-38(25-27)47-36-23-24-37-41(40(32)36)44-43(48-37)46-33-17-9-7-15-29(33)30-21-22-35-39(42(30)46)31-16-8-10-18-34(31)45(35)28-13-5-2-6-14-28/h1-25H. The monoisotopic (exact) mass is 615 g/mol. The minimum absolute atomic E-state index is 0.531. The van der Waals surface area contributed by atoms with Crippen LogP contribution in [-0.4, -0.2) is 14.1 Å². The molecule has 0 saturated carbocycles. The summed E-state index contributed by atoms with van der Waals surface area (Å²) >= 11 is 0. The lowest BCUT2D eigenvalue weighted by Crippen LogP contribution is -1.95. The maximum Gasteiger partial charge on any atom is 0.307 e. The summed E-state index contributed by atoms with van der Waals surface area (Å²) in [5.74, 6) is 0. The second-order valence-corrected chi connectivity index (χ2v) is 12.4.